The molecule has 4 rings (SSSR count). The van der Waals surface area contributed by atoms with Crippen molar-refractivity contribution >= 4 is 11.9 Å². The number of amides is 1. The fraction of sp³-hybridized carbons (Fsp3) is 0.867. The third-order valence-corrected chi connectivity index (χ3v) is 5.67. The number of likely N-dealkylation sites (tertiary alicyclic amines) is 1. The third kappa shape index (κ3) is 1.99. The van der Waals surface area contributed by atoms with Crippen molar-refractivity contribution in [2.75, 3.05) is 19.7 Å². The Hall–Kier alpha value is -1.14. The van der Waals surface area contributed by atoms with E-state index in [9.17, 15) is 14.7 Å². The van der Waals surface area contributed by atoms with E-state index in [1.807, 2.05) is 0 Å². The fourth-order valence-corrected chi connectivity index (χ4v) is 4.55. The Bertz CT molecular complexity index is 469. The van der Waals surface area contributed by atoms with E-state index in [1.54, 1.807) is 4.90 Å². The summed E-state index contributed by atoms with van der Waals surface area (Å²) >= 11 is 0. The van der Waals surface area contributed by atoms with Crippen molar-refractivity contribution < 1.29 is 24.2 Å². The Labute approximate surface area is 123 Å². The molecule has 0 radical (unpaired) electrons. The number of nitrogens with zero attached hydrogens (tertiary/aromatic N) is 1. The molecule has 0 spiro atoms. The predicted octanol–water partition coefficient (Wildman–Crippen LogP) is 0.646. The summed E-state index contributed by atoms with van der Waals surface area (Å²) < 4.78 is 11.3. The summed E-state index contributed by atoms with van der Waals surface area (Å²) in [5.74, 6) is -0.877. The van der Waals surface area contributed by atoms with Crippen LogP contribution in [0, 0.1) is 11.8 Å². The number of aliphatic carboxylic acids is 1. The smallest absolute Gasteiger partial charge is 0.338 e. The fourth-order valence-electron chi connectivity index (χ4n) is 4.55. The minimum Gasteiger partial charge on any atom is -0.479 e. The molecule has 1 amide bonds. The highest BCUT2D eigenvalue weighted by Gasteiger charge is 2.58. The van der Waals surface area contributed by atoms with E-state index in [1.165, 1.54) is 0 Å². The second kappa shape index (κ2) is 4.68. The van der Waals surface area contributed by atoms with Gasteiger partial charge in [-0.25, -0.2) is 4.79 Å². The van der Waals surface area contributed by atoms with Crippen LogP contribution in [0.25, 0.3) is 0 Å². The molecule has 1 unspecified atom stereocenters. The highest BCUT2D eigenvalue weighted by Crippen LogP contribution is 2.42. The van der Waals surface area contributed by atoms with E-state index in [0.29, 0.717) is 13.2 Å². The minimum atomic E-state index is -1.15. The quantitative estimate of drug-likeness (QED) is 0.809. The van der Waals surface area contributed by atoms with Gasteiger partial charge in [0, 0.05) is 25.0 Å². The number of carbonyl (C=O) groups is 2. The van der Waals surface area contributed by atoms with Crippen molar-refractivity contribution in [3.63, 3.8) is 0 Å². The number of hydrogen-bond acceptors (Lipinski definition) is 4. The number of rotatable bonds is 2. The van der Waals surface area contributed by atoms with Crippen LogP contribution in [0.2, 0.25) is 0 Å². The van der Waals surface area contributed by atoms with Gasteiger partial charge in [0.15, 0.2) is 5.60 Å². The summed E-state index contributed by atoms with van der Waals surface area (Å²) in [6.07, 6.45) is 4.87. The molecule has 21 heavy (non-hydrogen) atoms. The molecule has 2 bridgehead atoms. The molecule has 5 atom stereocenters. The molecule has 0 aliphatic carbocycles. The van der Waals surface area contributed by atoms with Gasteiger partial charge in [-0.1, -0.05) is 0 Å². The average Bonchev–Trinajstić information content (AvgIpc) is 3.10. The molecule has 0 aromatic heterocycles. The summed E-state index contributed by atoms with van der Waals surface area (Å²) in [5.41, 5.74) is -1.15. The largest absolute Gasteiger partial charge is 0.479 e. The molecule has 4 saturated heterocycles. The van der Waals surface area contributed by atoms with Crippen molar-refractivity contribution in [3.8, 4) is 0 Å². The first-order valence-electron chi connectivity index (χ1n) is 7.90. The van der Waals surface area contributed by atoms with Gasteiger partial charge in [0.25, 0.3) is 0 Å². The van der Waals surface area contributed by atoms with Crippen LogP contribution in [0.3, 0.4) is 0 Å². The molecule has 4 aliphatic rings. The lowest BCUT2D eigenvalue weighted by Crippen LogP contribution is -2.47. The van der Waals surface area contributed by atoms with Crippen molar-refractivity contribution in [3.05, 3.63) is 0 Å². The van der Waals surface area contributed by atoms with E-state index >= 15 is 0 Å². The van der Waals surface area contributed by atoms with Crippen LogP contribution in [0.15, 0.2) is 0 Å². The highest BCUT2D eigenvalue weighted by molar-refractivity contribution is 5.84. The SMILES string of the molecule is O=C(C1C[C@H]2CC[C@@H](C1)O2)N1C[C@H]2CCO[C@@]2(C(=O)O)C1. The molecule has 0 saturated carbocycles. The van der Waals surface area contributed by atoms with Crippen LogP contribution in [0.5, 0.6) is 0 Å². The van der Waals surface area contributed by atoms with Gasteiger partial charge in [0.1, 0.15) is 0 Å². The van der Waals surface area contributed by atoms with Gasteiger partial charge < -0.3 is 19.5 Å². The molecular formula is C15H21NO5. The van der Waals surface area contributed by atoms with Crippen LogP contribution in [0.1, 0.15) is 32.1 Å². The third-order valence-electron chi connectivity index (χ3n) is 5.67. The molecular weight excluding hydrogens is 274 g/mol. The summed E-state index contributed by atoms with van der Waals surface area (Å²) in [6, 6.07) is 0. The van der Waals surface area contributed by atoms with Gasteiger partial charge in [-0.15, -0.1) is 0 Å². The Balaban J connectivity index is 1.48. The Morgan fingerprint density at radius 1 is 1.14 bits per heavy atom. The zero-order chi connectivity index (χ0) is 14.6. The van der Waals surface area contributed by atoms with Crippen molar-refractivity contribution in [2.45, 2.75) is 49.9 Å². The number of carbonyl (C=O) groups excluding carboxylic acids is 1. The van der Waals surface area contributed by atoms with Crippen LogP contribution in [-0.2, 0) is 19.1 Å². The topological polar surface area (TPSA) is 76.1 Å². The maximum absolute atomic E-state index is 12.7. The van der Waals surface area contributed by atoms with E-state index in [4.69, 9.17) is 9.47 Å². The number of carboxylic acid groups (broad SMARTS) is 1. The molecule has 4 fully saturated rings. The van der Waals surface area contributed by atoms with Crippen molar-refractivity contribution in [2.24, 2.45) is 11.8 Å². The van der Waals surface area contributed by atoms with E-state index in [2.05, 4.69) is 0 Å². The number of carboxylic acids is 1. The van der Waals surface area contributed by atoms with Gasteiger partial charge in [-0.3, -0.25) is 4.79 Å². The molecule has 6 heteroatoms. The average molecular weight is 295 g/mol. The lowest BCUT2D eigenvalue weighted by molar-refractivity contribution is -0.161. The first-order chi connectivity index (χ1) is 10.1. The van der Waals surface area contributed by atoms with E-state index < -0.39 is 11.6 Å². The van der Waals surface area contributed by atoms with Crippen LogP contribution >= 0.6 is 0 Å². The van der Waals surface area contributed by atoms with Gasteiger partial charge in [0.05, 0.1) is 18.8 Å². The normalized spacial score (nSPS) is 44.9. The van der Waals surface area contributed by atoms with Gasteiger partial charge in [0.2, 0.25) is 5.91 Å². The number of hydrogen-bond donors (Lipinski definition) is 1. The highest BCUT2D eigenvalue weighted by atomic mass is 16.5. The summed E-state index contributed by atoms with van der Waals surface area (Å²) in [7, 11) is 0. The predicted molar refractivity (Wildman–Crippen MR) is 71.6 cm³/mol. The minimum absolute atomic E-state index is 0.000853. The number of fused-ring (bicyclic) bond motifs is 3. The molecule has 0 aromatic rings. The Kier molecular flexibility index (Phi) is 3.01. The zero-order valence-electron chi connectivity index (χ0n) is 12.0. The van der Waals surface area contributed by atoms with Gasteiger partial charge in [-0.2, -0.15) is 0 Å². The zero-order valence-corrected chi connectivity index (χ0v) is 12.0. The molecule has 116 valence electrons. The van der Waals surface area contributed by atoms with Gasteiger partial charge in [-0.05, 0) is 32.1 Å². The summed E-state index contributed by atoms with van der Waals surface area (Å²) in [5, 5.41) is 9.50. The lowest BCUT2D eigenvalue weighted by atomic mass is 9.91. The van der Waals surface area contributed by atoms with E-state index in [-0.39, 0.29) is 36.5 Å². The second-order valence-corrected chi connectivity index (χ2v) is 6.87. The molecule has 0 aromatic carbocycles. The second-order valence-electron chi connectivity index (χ2n) is 6.87. The van der Waals surface area contributed by atoms with Crippen LogP contribution in [-0.4, -0.2) is 59.4 Å². The van der Waals surface area contributed by atoms with E-state index in [0.717, 1.165) is 32.1 Å². The standard InChI is InChI=1S/C15H21NO5/c17-13(9-5-11-1-2-12(6-9)21-11)16-7-10-3-4-20-15(10,8-16)14(18)19/h9-12H,1-8H2,(H,18,19)/t9?,10-,11-,12+,15+/m1/s1. The van der Waals surface area contributed by atoms with Crippen molar-refractivity contribution in [1.29, 1.82) is 0 Å². The molecule has 6 nitrogen and oxygen atoms in total. The molecule has 4 aliphatic heterocycles. The Morgan fingerprint density at radius 3 is 2.48 bits per heavy atom. The maximum Gasteiger partial charge on any atom is 0.338 e. The first-order valence-corrected chi connectivity index (χ1v) is 7.90. The Morgan fingerprint density at radius 2 is 1.86 bits per heavy atom. The van der Waals surface area contributed by atoms with Gasteiger partial charge >= 0.3 is 5.97 Å². The van der Waals surface area contributed by atoms with Crippen LogP contribution < -0.4 is 0 Å². The van der Waals surface area contributed by atoms with Crippen molar-refractivity contribution in [1.82, 2.24) is 4.90 Å². The summed E-state index contributed by atoms with van der Waals surface area (Å²) in [4.78, 5) is 26.0. The molecule has 4 heterocycles. The monoisotopic (exact) mass is 295 g/mol. The first kappa shape index (κ1) is 13.5. The molecule has 1 N–H and O–H groups in total. The maximum atomic E-state index is 12.7. The lowest BCUT2D eigenvalue weighted by Gasteiger charge is -2.31. The van der Waals surface area contributed by atoms with Crippen LogP contribution in [0.4, 0.5) is 0 Å². The number of ether oxygens (including phenoxy) is 2. The summed E-state index contributed by atoms with van der Waals surface area (Å²) in [6.45, 7) is 1.22.